The van der Waals surface area contributed by atoms with Crippen LogP contribution >= 0.6 is 0 Å². The molecule has 0 aromatic carbocycles. The van der Waals surface area contributed by atoms with Gasteiger partial charge in [-0.25, -0.2) is 0 Å². The fourth-order valence-corrected chi connectivity index (χ4v) is 0. The third-order valence-corrected chi connectivity index (χ3v) is 0. The predicted molar refractivity (Wildman–Crippen MR) is 15.4 cm³/mol. The number of rotatable bonds is 0. The molecule has 0 saturated carbocycles. The van der Waals surface area contributed by atoms with Crippen molar-refractivity contribution in [1.29, 1.82) is 0 Å². The Morgan fingerprint density at radius 2 is 0.267 bits per heavy atom. The summed E-state index contributed by atoms with van der Waals surface area (Å²) >= 11 is -29.4. The van der Waals surface area contributed by atoms with Gasteiger partial charge in [-0.05, 0) is 0 Å². The van der Waals surface area contributed by atoms with Gasteiger partial charge in [-0.1, -0.05) is 0 Å². The summed E-state index contributed by atoms with van der Waals surface area (Å²) in [5, 5.41) is 0. The molecule has 0 amide bonds. The van der Waals surface area contributed by atoms with Crippen LogP contribution in [0.1, 0.15) is 0 Å². The summed E-state index contributed by atoms with van der Waals surface area (Å²) in [6.07, 6.45) is 0. The van der Waals surface area contributed by atoms with E-state index in [2.05, 4.69) is 0 Å². The van der Waals surface area contributed by atoms with Gasteiger partial charge >= 0.3 is 250 Å². The molecule has 0 fully saturated rings. The van der Waals surface area contributed by atoms with Gasteiger partial charge in [0.1, 0.15) is 0 Å². The molecule has 30 heavy (non-hydrogen) atoms. The van der Waals surface area contributed by atoms with Crippen molar-refractivity contribution in [2.24, 2.45) is 0 Å². The molecule has 0 aromatic rings. The van der Waals surface area contributed by atoms with E-state index in [4.69, 9.17) is 70.8 Å². The number of hydrogen-bond acceptors (Lipinski definition) is 21. The van der Waals surface area contributed by atoms with Crippen LogP contribution in [0.15, 0.2) is 0 Å². The molecule has 0 spiro atoms. The molecular formula is BiNb7O21Ti. The summed E-state index contributed by atoms with van der Waals surface area (Å²) in [5.41, 5.74) is 0. The molecule has 0 atom stereocenters. The SMILES string of the molecule is [Bi+3].[O]=[Nb](=[O])[O-].[O]=[Nb](=[O])[O-].[O]=[Nb](=[O])[O-].[O]=[Nb](=[O])[O-].[O]=[Nb](=[O])[O-].[O]=[Nb](=[O])[O-].[O]=[Nb](=[O])[O-].[Ti+4]. The molecule has 0 N–H and O–H groups in total. The zero-order chi connectivity index (χ0) is 25.0. The van der Waals surface area contributed by atoms with Crippen LogP contribution in [-0.2, 0) is 199 Å². The molecule has 0 saturated heterocycles. The predicted octanol–water partition coefficient (Wildman–Crippen LogP) is -10.4. The Morgan fingerprint density at radius 1 is 0.267 bits per heavy atom. The zero-order valence-electron chi connectivity index (χ0n) is 12.7. The van der Waals surface area contributed by atoms with Crippen LogP contribution in [0.5, 0.6) is 0 Å². The monoisotopic (exact) mass is 1240 g/mol. The van der Waals surface area contributed by atoms with E-state index < -0.39 is 131 Å². The molecule has 0 aliphatic rings. The third kappa shape index (κ3) is 2180. The summed E-state index contributed by atoms with van der Waals surface area (Å²) in [7, 11) is 0. The minimum absolute atomic E-state index is 0. The number of hydrogen-bond donors (Lipinski definition) is 0. The Balaban J connectivity index is -0.0000000242. The molecule has 0 bridgehead atoms. The van der Waals surface area contributed by atoms with E-state index in [0.29, 0.717) is 0 Å². The van der Waals surface area contributed by atoms with Crippen LogP contribution in [-0.4, -0.2) is 26.2 Å². The fourth-order valence-electron chi connectivity index (χ4n) is 0. The topological polar surface area (TPSA) is 400 Å². The summed E-state index contributed by atoms with van der Waals surface area (Å²) in [6, 6.07) is 0. The molecule has 170 valence electrons. The van der Waals surface area contributed by atoms with Crippen molar-refractivity contribution in [3.8, 4) is 0 Å². The van der Waals surface area contributed by atoms with Crippen molar-refractivity contribution in [1.82, 2.24) is 0 Å². The Labute approximate surface area is 245 Å². The van der Waals surface area contributed by atoms with Crippen molar-refractivity contribution in [2.75, 3.05) is 0 Å². The van der Waals surface area contributed by atoms with Crippen molar-refractivity contribution >= 4 is 26.2 Å². The average molecular weight is 1240 g/mol. The van der Waals surface area contributed by atoms with Gasteiger partial charge in [0.25, 0.3) is 0 Å². The second-order valence-corrected chi connectivity index (χ2v) is 9.26. The van der Waals surface area contributed by atoms with Crippen molar-refractivity contribution in [3.63, 3.8) is 0 Å². The maximum atomic E-state index is 8.60. The first-order chi connectivity index (χ1) is 12.1. The average Bonchev–Trinajstić information content (AvgIpc) is 2.20. The van der Waals surface area contributed by atoms with Crippen LogP contribution in [0.4, 0.5) is 0 Å². The standard InChI is InChI=1S/Bi.7Nb.21O.Ti/q+3;;;;;;;;;;;;;;;;;;;;;;7*-1;+4. The second kappa shape index (κ2) is 53.9. The Morgan fingerprint density at radius 3 is 0.267 bits per heavy atom. The van der Waals surface area contributed by atoms with Gasteiger partial charge in [0.05, 0.1) is 0 Å². The summed E-state index contributed by atoms with van der Waals surface area (Å²) in [4.78, 5) is 0. The molecule has 0 aliphatic heterocycles. The first kappa shape index (κ1) is 59.1. The summed E-state index contributed by atoms with van der Waals surface area (Å²) in [6.45, 7) is 0. The first-order valence-electron chi connectivity index (χ1n) is 3.83. The fraction of sp³-hybridized carbons (Fsp3) is 0. The van der Waals surface area contributed by atoms with Gasteiger partial charge in [0, 0.05) is 0 Å². The Bertz CT molecular complexity index is 571. The normalized spacial score (nSPS) is 5.83. The van der Waals surface area contributed by atoms with Gasteiger partial charge in [-0.15, -0.1) is 0 Å². The van der Waals surface area contributed by atoms with Crippen LogP contribution < -0.4 is 25.3 Å². The summed E-state index contributed by atoms with van der Waals surface area (Å²) < 4.78 is 181. The molecule has 0 unspecified atom stereocenters. The van der Waals surface area contributed by atoms with E-state index in [9.17, 15) is 0 Å². The van der Waals surface area contributed by atoms with E-state index in [1.165, 1.54) is 0 Å². The quantitative estimate of drug-likeness (QED) is 0.203. The van der Waals surface area contributed by atoms with Crippen LogP contribution in [0.2, 0.25) is 0 Å². The van der Waals surface area contributed by atoms with E-state index in [1.54, 1.807) is 0 Å². The second-order valence-electron chi connectivity index (χ2n) is 1.57. The summed E-state index contributed by atoms with van der Waals surface area (Å²) in [5.74, 6) is 0. The van der Waals surface area contributed by atoms with Crippen molar-refractivity contribution in [2.45, 2.75) is 0 Å². The van der Waals surface area contributed by atoms with E-state index in [1.807, 2.05) is 0 Å². The zero-order valence-corrected chi connectivity index (χ0v) is 33.1. The largest absolute Gasteiger partial charge is 4.00 e. The molecule has 0 aliphatic carbocycles. The molecule has 0 rings (SSSR count). The maximum Gasteiger partial charge on any atom is 4.00 e. The van der Waals surface area contributed by atoms with Crippen LogP contribution in [0.25, 0.3) is 0 Å². The molecule has 21 nitrogen and oxygen atoms in total. The minimum Gasteiger partial charge on any atom is 4.00 e. The van der Waals surface area contributed by atoms with E-state index >= 15 is 0 Å². The van der Waals surface area contributed by atoms with Crippen molar-refractivity contribution < 1.29 is 224 Å². The Hall–Kier alpha value is 3.70. The van der Waals surface area contributed by atoms with Crippen LogP contribution in [0, 0.1) is 0 Å². The maximum absolute atomic E-state index is 8.60. The van der Waals surface area contributed by atoms with Crippen LogP contribution in [0.3, 0.4) is 0 Å². The van der Waals surface area contributed by atoms with E-state index in [-0.39, 0.29) is 47.9 Å². The van der Waals surface area contributed by atoms with Gasteiger partial charge in [-0.2, -0.15) is 0 Å². The Kier molecular flexibility index (Phi) is 106. The van der Waals surface area contributed by atoms with Gasteiger partial charge < -0.3 is 0 Å². The molecule has 0 aromatic heterocycles. The molecule has 2 radical (unpaired) electrons. The smallest absolute Gasteiger partial charge is 4.00 e. The molecule has 0 heterocycles. The first-order valence-corrected chi connectivity index (χ1v) is 22.7. The van der Waals surface area contributed by atoms with Crippen molar-refractivity contribution in [3.05, 3.63) is 0 Å². The van der Waals surface area contributed by atoms with Gasteiger partial charge in [-0.3, -0.25) is 0 Å². The molecular weight excluding hydrogens is 1240 g/mol. The molecule has 30 heteroatoms. The van der Waals surface area contributed by atoms with Gasteiger partial charge in [0.2, 0.25) is 0 Å². The van der Waals surface area contributed by atoms with E-state index in [0.717, 1.165) is 0 Å². The third-order valence-electron chi connectivity index (χ3n) is 0. The minimum atomic E-state index is -4.20. The van der Waals surface area contributed by atoms with Gasteiger partial charge in [0.15, 0.2) is 0 Å².